The summed E-state index contributed by atoms with van der Waals surface area (Å²) in [5.74, 6) is 1.36. The molecule has 0 atom stereocenters. The van der Waals surface area contributed by atoms with Crippen LogP contribution in [0.1, 0.15) is 40.5 Å². The summed E-state index contributed by atoms with van der Waals surface area (Å²) in [6.45, 7) is 4.00. The molecule has 0 bridgehead atoms. The highest BCUT2D eigenvalue weighted by Crippen LogP contribution is 2.64. The maximum absolute atomic E-state index is 12.3. The molecule has 10 heteroatoms. The van der Waals surface area contributed by atoms with Crippen LogP contribution in [0, 0.1) is 10.8 Å². The summed E-state index contributed by atoms with van der Waals surface area (Å²) in [6.07, 6.45) is 5.65. The Morgan fingerprint density at radius 3 is 1.35 bits per heavy atom. The van der Waals surface area contributed by atoms with E-state index in [9.17, 15) is 9.13 Å². The van der Waals surface area contributed by atoms with Gasteiger partial charge in [-0.05, 0) is 35.6 Å². The first-order chi connectivity index (χ1) is 12.0. The van der Waals surface area contributed by atoms with Crippen molar-refractivity contribution < 1.29 is 27.2 Å². The smallest absolute Gasteiger partial charge is 0.300 e. The van der Waals surface area contributed by atoms with Gasteiger partial charge < -0.3 is 18.1 Å². The largest absolute Gasteiger partial charge is 0.389 e. The summed E-state index contributed by atoms with van der Waals surface area (Å²) < 4.78 is 46.4. The average Bonchev–Trinajstić information content (AvgIpc) is 2.57. The fraction of sp³-hybridized carbons (Fsp3) is 0.875. The molecule has 0 unspecified atom stereocenters. The van der Waals surface area contributed by atoms with Crippen LogP contribution in [0.25, 0.3) is 0 Å². The van der Waals surface area contributed by atoms with Gasteiger partial charge in [-0.1, -0.05) is 39.8 Å². The van der Waals surface area contributed by atoms with Gasteiger partial charge in [0.25, 0.3) is 0 Å². The van der Waals surface area contributed by atoms with Crippen molar-refractivity contribution in [2.45, 2.75) is 40.5 Å². The maximum Gasteiger partial charge on any atom is 0.389 e. The summed E-state index contributed by atoms with van der Waals surface area (Å²) in [6, 6.07) is 0. The molecule has 2 aliphatic heterocycles. The number of allylic oxidation sites excluding steroid dienone is 2. The third-order valence-corrected chi connectivity index (χ3v) is 11.2. The predicted octanol–water partition coefficient (Wildman–Crippen LogP) is 6.15. The van der Waals surface area contributed by atoms with Gasteiger partial charge in [0.1, 0.15) is 0 Å². The maximum atomic E-state index is 12.3. The molecule has 0 aliphatic carbocycles. The van der Waals surface area contributed by atoms with Gasteiger partial charge in [0.05, 0.1) is 26.4 Å². The molecule has 2 heterocycles. The summed E-state index contributed by atoms with van der Waals surface area (Å²) in [5.41, 5.74) is -0.149. The minimum Gasteiger partial charge on any atom is -0.300 e. The van der Waals surface area contributed by atoms with Crippen LogP contribution in [0.2, 0.25) is 0 Å². The van der Waals surface area contributed by atoms with Crippen LogP contribution in [0.5, 0.6) is 0 Å². The first kappa shape index (κ1) is 23.0. The molecule has 2 fully saturated rings. The molecule has 2 aliphatic rings. The van der Waals surface area contributed by atoms with Crippen molar-refractivity contribution in [2.75, 3.05) is 37.9 Å². The quantitative estimate of drug-likeness (QED) is 0.251. The topological polar surface area (TPSA) is 71.1 Å². The van der Waals surface area contributed by atoms with Gasteiger partial charge >= 0.3 is 13.6 Å². The highest BCUT2D eigenvalue weighted by molar-refractivity contribution is 8.55. The molecule has 0 amide bonds. The van der Waals surface area contributed by atoms with E-state index in [1.54, 1.807) is 0 Å². The molecule has 0 radical (unpaired) electrons. The number of hydrogen-bond donors (Lipinski definition) is 0. The first-order valence-electron chi connectivity index (χ1n) is 8.76. The van der Waals surface area contributed by atoms with Crippen LogP contribution in [0.3, 0.4) is 0 Å². The van der Waals surface area contributed by atoms with E-state index in [4.69, 9.17) is 18.1 Å². The summed E-state index contributed by atoms with van der Waals surface area (Å²) in [5, 5.41) is 0. The Morgan fingerprint density at radius 2 is 1.04 bits per heavy atom. The Bertz CT molecular complexity index is 515. The van der Waals surface area contributed by atoms with Gasteiger partial charge in [0.2, 0.25) is 0 Å². The Kier molecular flexibility index (Phi) is 8.41. The van der Waals surface area contributed by atoms with Crippen molar-refractivity contribution in [2.24, 2.45) is 10.8 Å². The third kappa shape index (κ3) is 8.00. The Labute approximate surface area is 165 Å². The van der Waals surface area contributed by atoms with Gasteiger partial charge in [-0.2, -0.15) is 0 Å². The first-order valence-corrected chi connectivity index (χ1v) is 15.0. The molecule has 0 aromatic carbocycles. The molecule has 2 saturated heterocycles. The molecule has 152 valence electrons. The monoisotopic (exact) mass is 444 g/mol. The van der Waals surface area contributed by atoms with Crippen molar-refractivity contribution in [1.29, 1.82) is 0 Å². The van der Waals surface area contributed by atoms with Gasteiger partial charge in [-0.3, -0.25) is 0 Å². The minimum atomic E-state index is -2.98. The van der Waals surface area contributed by atoms with E-state index in [-0.39, 0.29) is 10.8 Å². The number of rotatable bonds is 8. The summed E-state index contributed by atoms with van der Waals surface area (Å²) >= 11 is 2.51. The fourth-order valence-electron chi connectivity index (χ4n) is 2.02. The van der Waals surface area contributed by atoms with E-state index in [0.717, 1.165) is 12.8 Å². The molecular weight excluding hydrogens is 414 g/mol. The Morgan fingerprint density at radius 1 is 0.731 bits per heavy atom. The highest BCUT2D eigenvalue weighted by atomic mass is 32.7. The second-order valence-corrected chi connectivity index (χ2v) is 16.4. The van der Waals surface area contributed by atoms with Gasteiger partial charge in [-0.25, -0.2) is 9.13 Å². The average molecular weight is 444 g/mol. The lowest BCUT2D eigenvalue weighted by Crippen LogP contribution is -2.28. The molecule has 0 saturated carbocycles. The fourth-order valence-corrected chi connectivity index (χ4v) is 8.93. The molecule has 2 rings (SSSR count). The van der Waals surface area contributed by atoms with Crippen molar-refractivity contribution in [3.05, 3.63) is 12.2 Å². The molecule has 0 N–H and O–H groups in total. The zero-order valence-electron chi connectivity index (χ0n) is 16.0. The lowest BCUT2D eigenvalue weighted by Gasteiger charge is -2.33. The van der Waals surface area contributed by atoms with Gasteiger partial charge in [-0.15, -0.1) is 0 Å². The van der Waals surface area contributed by atoms with E-state index in [2.05, 4.69) is 0 Å². The molecule has 26 heavy (non-hydrogen) atoms. The van der Waals surface area contributed by atoms with E-state index in [1.807, 2.05) is 39.8 Å². The molecule has 0 aromatic rings. The van der Waals surface area contributed by atoms with Crippen LogP contribution in [-0.2, 0) is 27.2 Å². The molecule has 0 aromatic heterocycles. The lowest BCUT2D eigenvalue weighted by atomic mass is 9.97. The lowest BCUT2D eigenvalue weighted by molar-refractivity contribution is 0.0499. The van der Waals surface area contributed by atoms with E-state index in [1.165, 1.54) is 22.8 Å². The van der Waals surface area contributed by atoms with Gasteiger partial charge in [0.15, 0.2) is 0 Å². The summed E-state index contributed by atoms with van der Waals surface area (Å²) in [4.78, 5) is 0. The van der Waals surface area contributed by atoms with Crippen LogP contribution in [0.15, 0.2) is 12.2 Å². The van der Waals surface area contributed by atoms with Crippen molar-refractivity contribution in [1.82, 2.24) is 0 Å². The van der Waals surface area contributed by atoms with Crippen LogP contribution >= 0.6 is 36.4 Å². The molecule has 0 spiro atoms. The van der Waals surface area contributed by atoms with E-state index in [0.29, 0.717) is 37.9 Å². The predicted molar refractivity (Wildman–Crippen MR) is 110 cm³/mol. The zero-order chi connectivity index (χ0) is 19.3. The molecule has 6 nitrogen and oxygen atoms in total. The zero-order valence-corrected chi connectivity index (χ0v) is 19.4. The van der Waals surface area contributed by atoms with Crippen LogP contribution in [0.4, 0.5) is 0 Å². The SMILES string of the molecule is CC1(C)COP(=O)(SCCC=CCCSP2(=O)OCC(C)(C)CO2)OC1. The van der Waals surface area contributed by atoms with Crippen LogP contribution < -0.4 is 0 Å². The Hall–Kier alpha value is 0.740. The third-order valence-electron chi connectivity index (χ3n) is 3.69. The van der Waals surface area contributed by atoms with E-state index >= 15 is 0 Å². The second-order valence-electron chi connectivity index (χ2n) is 8.03. The summed E-state index contributed by atoms with van der Waals surface area (Å²) in [7, 11) is 0. The Balaban J connectivity index is 1.55. The van der Waals surface area contributed by atoms with Gasteiger partial charge in [0, 0.05) is 22.3 Å². The van der Waals surface area contributed by atoms with Crippen LogP contribution in [-0.4, -0.2) is 37.9 Å². The number of hydrogen-bond acceptors (Lipinski definition) is 8. The van der Waals surface area contributed by atoms with E-state index < -0.39 is 13.6 Å². The van der Waals surface area contributed by atoms with Crippen molar-refractivity contribution >= 4 is 36.4 Å². The van der Waals surface area contributed by atoms with Crippen molar-refractivity contribution in [3.8, 4) is 0 Å². The minimum absolute atomic E-state index is 0.0743. The normalized spacial score (nSPS) is 26.8. The molecular formula is C16H30O6P2S2. The second kappa shape index (κ2) is 9.49. The van der Waals surface area contributed by atoms with Crippen molar-refractivity contribution in [3.63, 3.8) is 0 Å². The standard InChI is InChI=1S/C16H30O6P2S2/c1-15(2)11-19-23(17,20-12-15)25-9-7-5-6-8-10-26-24(18)21-13-16(3,4)14-22-24/h5-6H,7-14H2,1-4H3. The highest BCUT2D eigenvalue weighted by Gasteiger charge is 2.37.